The summed E-state index contributed by atoms with van der Waals surface area (Å²) in [4.78, 5) is 11.4. The fourth-order valence-corrected chi connectivity index (χ4v) is 5.45. The minimum Gasteiger partial charge on any atom is -0.489 e. The second-order valence-electron chi connectivity index (χ2n) is 10.4. The normalized spacial score (nSPS) is 16.6. The molecule has 1 saturated heterocycles. The van der Waals surface area contributed by atoms with Crippen molar-refractivity contribution in [1.29, 1.82) is 0 Å². The molecule has 1 fully saturated rings. The first kappa shape index (κ1) is 28.0. The molecule has 0 amide bonds. The lowest BCUT2D eigenvalue weighted by molar-refractivity contribution is -0.142. The van der Waals surface area contributed by atoms with Gasteiger partial charge < -0.3 is 14.6 Å². The minimum absolute atomic E-state index is 0.102. The minimum atomic E-state index is -0.750. The fraction of sp³-hybridized carbons (Fsp3) is 0.531. The number of cyclic esters (lactones) is 1. The third kappa shape index (κ3) is 5.86. The van der Waals surface area contributed by atoms with Crippen LogP contribution in [0.15, 0.2) is 36.4 Å². The number of hydrogen-bond acceptors (Lipinski definition) is 4. The first-order chi connectivity index (χ1) is 17.1. The van der Waals surface area contributed by atoms with E-state index in [1.807, 2.05) is 19.9 Å². The topological polar surface area (TPSA) is 55.8 Å². The van der Waals surface area contributed by atoms with Crippen LogP contribution in [0.2, 0.25) is 0 Å². The van der Waals surface area contributed by atoms with Gasteiger partial charge in [0.15, 0.2) is 0 Å². The maximum absolute atomic E-state index is 11.4. The van der Waals surface area contributed by atoms with Crippen LogP contribution in [0.4, 0.5) is 0 Å². The highest BCUT2D eigenvalue weighted by Gasteiger charge is 2.32. The van der Waals surface area contributed by atoms with E-state index in [0.29, 0.717) is 25.9 Å². The second-order valence-corrected chi connectivity index (χ2v) is 10.4. The molecule has 1 atom stereocenters. The number of aliphatic hydroxyl groups is 1. The largest absolute Gasteiger partial charge is 0.489 e. The van der Waals surface area contributed by atoms with Crippen LogP contribution >= 0.6 is 0 Å². The van der Waals surface area contributed by atoms with Gasteiger partial charge in [0.05, 0.1) is 5.60 Å². The summed E-state index contributed by atoms with van der Waals surface area (Å²) >= 11 is 0. The number of hydrogen-bond donors (Lipinski definition) is 1. The molecule has 0 radical (unpaired) electrons. The maximum Gasteiger partial charge on any atom is 0.306 e. The molecule has 196 valence electrons. The van der Waals surface area contributed by atoms with Crippen molar-refractivity contribution in [3.8, 4) is 5.75 Å². The molecule has 0 spiro atoms. The molecular formula is C32H44O4. The molecule has 3 rings (SSSR count). The van der Waals surface area contributed by atoms with Crippen molar-refractivity contribution in [2.45, 2.75) is 104 Å². The Morgan fingerprint density at radius 3 is 2.06 bits per heavy atom. The van der Waals surface area contributed by atoms with Crippen molar-refractivity contribution in [3.63, 3.8) is 0 Å². The van der Waals surface area contributed by atoms with Gasteiger partial charge >= 0.3 is 5.97 Å². The Morgan fingerprint density at radius 1 is 0.944 bits per heavy atom. The summed E-state index contributed by atoms with van der Waals surface area (Å²) < 4.78 is 11.5. The average Bonchev–Trinajstić information content (AvgIpc) is 3.28. The SMILES string of the molecule is CCC(O)(/C=C/c1ccc(C(CC)(CC)c2cc(C)c(OC[C@@H]3CCC(=O)O3)c(C)c2)cc1C)CC. The van der Waals surface area contributed by atoms with Crippen LogP contribution in [0.1, 0.15) is 99.6 Å². The summed E-state index contributed by atoms with van der Waals surface area (Å²) in [6.45, 7) is 15.3. The highest BCUT2D eigenvalue weighted by atomic mass is 16.6. The monoisotopic (exact) mass is 492 g/mol. The molecule has 0 aromatic heterocycles. The smallest absolute Gasteiger partial charge is 0.306 e. The van der Waals surface area contributed by atoms with E-state index < -0.39 is 5.60 Å². The summed E-state index contributed by atoms with van der Waals surface area (Å²) in [5.74, 6) is 0.755. The van der Waals surface area contributed by atoms with Crippen LogP contribution in [0, 0.1) is 20.8 Å². The van der Waals surface area contributed by atoms with Crippen LogP contribution < -0.4 is 4.74 Å². The van der Waals surface area contributed by atoms with Crippen LogP contribution in [-0.4, -0.2) is 29.4 Å². The molecule has 2 aromatic rings. The van der Waals surface area contributed by atoms with Gasteiger partial charge in [0.1, 0.15) is 18.5 Å². The first-order valence-corrected chi connectivity index (χ1v) is 13.6. The number of esters is 1. The number of ether oxygens (including phenoxy) is 2. The standard InChI is InChI=1S/C32H44O4/c1-8-31(34,9-2)17-16-25-12-13-26(18-22(25)5)32(10-3,11-4)27-19-23(6)30(24(7)20-27)35-21-28-14-15-29(33)36-28/h12-13,16-20,28,34H,8-11,14-15,21H2,1-7H3/b17-16+/t28-/m0/s1. The van der Waals surface area contributed by atoms with Gasteiger partial charge in [-0.25, -0.2) is 0 Å². The highest BCUT2D eigenvalue weighted by Crippen LogP contribution is 2.42. The van der Waals surface area contributed by atoms with Crippen molar-refractivity contribution in [3.05, 3.63) is 69.8 Å². The van der Waals surface area contributed by atoms with Crippen LogP contribution in [0.25, 0.3) is 6.08 Å². The van der Waals surface area contributed by atoms with E-state index in [1.54, 1.807) is 0 Å². The lowest BCUT2D eigenvalue weighted by Gasteiger charge is -2.35. The van der Waals surface area contributed by atoms with Crippen molar-refractivity contribution < 1.29 is 19.4 Å². The molecule has 36 heavy (non-hydrogen) atoms. The molecule has 1 aliphatic rings. The summed E-state index contributed by atoms with van der Waals surface area (Å²) in [5.41, 5.74) is 6.33. The van der Waals surface area contributed by atoms with Crippen LogP contribution in [0.5, 0.6) is 5.75 Å². The number of benzene rings is 2. The third-order valence-corrected chi connectivity index (χ3v) is 8.22. The molecule has 0 aliphatic carbocycles. The van der Waals surface area contributed by atoms with Crippen molar-refractivity contribution in [2.75, 3.05) is 6.61 Å². The van der Waals surface area contributed by atoms with Crippen molar-refractivity contribution in [2.24, 2.45) is 0 Å². The van der Waals surface area contributed by atoms with Crippen molar-refractivity contribution >= 4 is 12.0 Å². The van der Waals surface area contributed by atoms with E-state index in [4.69, 9.17) is 9.47 Å². The quantitative estimate of drug-likeness (QED) is 0.333. The molecule has 1 heterocycles. The predicted molar refractivity (Wildman–Crippen MR) is 148 cm³/mol. The van der Waals surface area contributed by atoms with Gasteiger partial charge in [-0.2, -0.15) is 0 Å². The fourth-order valence-electron chi connectivity index (χ4n) is 5.45. The molecular weight excluding hydrogens is 448 g/mol. The zero-order valence-corrected chi connectivity index (χ0v) is 23.2. The van der Waals surface area contributed by atoms with Gasteiger partial charge in [-0.15, -0.1) is 0 Å². The Bertz CT molecular complexity index is 1070. The Kier molecular flexibility index (Phi) is 9.05. The predicted octanol–water partition coefficient (Wildman–Crippen LogP) is 7.37. The summed E-state index contributed by atoms with van der Waals surface area (Å²) in [6.07, 6.45) is 8.45. The van der Waals surface area contributed by atoms with E-state index in [0.717, 1.165) is 41.7 Å². The summed E-state index contributed by atoms with van der Waals surface area (Å²) in [7, 11) is 0. The van der Waals surface area contributed by atoms with Gasteiger partial charge in [-0.05, 0) is 86.3 Å². The maximum atomic E-state index is 11.4. The zero-order chi connectivity index (χ0) is 26.5. The Hall–Kier alpha value is -2.59. The third-order valence-electron chi connectivity index (χ3n) is 8.22. The Morgan fingerprint density at radius 2 is 1.56 bits per heavy atom. The van der Waals surface area contributed by atoms with Crippen LogP contribution in [0.3, 0.4) is 0 Å². The van der Waals surface area contributed by atoms with E-state index in [-0.39, 0.29) is 17.5 Å². The lowest BCUT2D eigenvalue weighted by Crippen LogP contribution is -2.27. The highest BCUT2D eigenvalue weighted by molar-refractivity contribution is 5.71. The van der Waals surface area contributed by atoms with Gasteiger partial charge in [0.2, 0.25) is 0 Å². The van der Waals surface area contributed by atoms with Gasteiger partial charge in [0.25, 0.3) is 0 Å². The molecule has 1 N–H and O–H groups in total. The average molecular weight is 493 g/mol. The molecule has 4 heteroatoms. The molecule has 2 aromatic carbocycles. The molecule has 0 bridgehead atoms. The lowest BCUT2D eigenvalue weighted by atomic mass is 9.69. The van der Waals surface area contributed by atoms with E-state index >= 15 is 0 Å². The molecule has 0 saturated carbocycles. The number of carbonyl (C=O) groups excluding carboxylic acids is 1. The number of rotatable bonds is 11. The zero-order valence-electron chi connectivity index (χ0n) is 23.2. The van der Waals surface area contributed by atoms with Gasteiger partial charge in [-0.3, -0.25) is 4.79 Å². The number of aryl methyl sites for hydroxylation is 3. The molecule has 4 nitrogen and oxygen atoms in total. The van der Waals surface area contributed by atoms with Crippen molar-refractivity contribution in [1.82, 2.24) is 0 Å². The summed E-state index contributed by atoms with van der Waals surface area (Å²) in [6, 6.07) is 11.3. The number of carbonyl (C=O) groups is 1. The van der Waals surface area contributed by atoms with Gasteiger partial charge in [0, 0.05) is 11.8 Å². The Labute approximate surface area is 217 Å². The molecule has 0 unspecified atom stereocenters. The van der Waals surface area contributed by atoms with E-state index in [1.165, 1.54) is 16.7 Å². The van der Waals surface area contributed by atoms with Gasteiger partial charge in [-0.1, -0.05) is 70.2 Å². The Balaban J connectivity index is 1.91. The summed E-state index contributed by atoms with van der Waals surface area (Å²) in [5, 5.41) is 10.7. The van der Waals surface area contributed by atoms with E-state index in [2.05, 4.69) is 71.0 Å². The van der Waals surface area contributed by atoms with E-state index in [9.17, 15) is 9.90 Å². The van der Waals surface area contributed by atoms with Crippen LogP contribution in [-0.2, 0) is 14.9 Å². The molecule has 1 aliphatic heterocycles. The first-order valence-electron chi connectivity index (χ1n) is 13.6. The second kappa shape index (κ2) is 11.6.